The molecule has 0 bridgehead atoms. The molecule has 1 saturated heterocycles. The van der Waals surface area contributed by atoms with Gasteiger partial charge in [0.05, 0.1) is 51.6 Å². The number of carbonyl (C=O) groups excluding carboxylic acids is 3. The van der Waals surface area contributed by atoms with Gasteiger partial charge in [0, 0.05) is 25.0 Å². The van der Waals surface area contributed by atoms with E-state index >= 15 is 0 Å². The summed E-state index contributed by atoms with van der Waals surface area (Å²) in [5.41, 5.74) is 0.884. The fourth-order valence-corrected chi connectivity index (χ4v) is 7.18. The maximum atomic E-state index is 12.9. The summed E-state index contributed by atoms with van der Waals surface area (Å²) in [4.78, 5) is 70.7. The second kappa shape index (κ2) is 23.9. The van der Waals surface area contributed by atoms with Gasteiger partial charge in [-0.05, 0) is 94.9 Å². The highest BCUT2D eigenvalue weighted by Gasteiger charge is 2.39. The number of aliphatic hydroxyl groups is 1. The third kappa shape index (κ3) is 14.4. The number of benzene rings is 2. The van der Waals surface area contributed by atoms with Crippen LogP contribution in [0, 0.1) is 22.2 Å². The van der Waals surface area contributed by atoms with Crippen molar-refractivity contribution in [3.05, 3.63) is 52.4 Å². The minimum absolute atomic E-state index is 0. The molecule has 5 N–H and O–H groups in total. The van der Waals surface area contributed by atoms with Crippen molar-refractivity contribution < 1.29 is 73.7 Å². The van der Waals surface area contributed by atoms with Gasteiger partial charge < -0.3 is 44.5 Å². The first-order chi connectivity index (χ1) is 28.4. The van der Waals surface area contributed by atoms with Crippen LogP contribution in [-0.4, -0.2) is 121 Å². The second-order valence-corrected chi connectivity index (χ2v) is 14.9. The predicted molar refractivity (Wildman–Crippen MR) is 214 cm³/mol. The highest BCUT2D eigenvalue weighted by Crippen LogP contribution is 2.39. The molecule has 1 aliphatic rings. The number of rotatable bonds is 25. The van der Waals surface area contributed by atoms with Gasteiger partial charge in [-0.3, -0.25) is 19.9 Å². The molecule has 1 heterocycles. The summed E-state index contributed by atoms with van der Waals surface area (Å²) >= 11 is 0. The van der Waals surface area contributed by atoms with Crippen LogP contribution < -0.4 is 29.5 Å². The lowest BCUT2D eigenvalue weighted by Gasteiger charge is -2.32. The van der Waals surface area contributed by atoms with Crippen molar-refractivity contribution in [2.75, 3.05) is 54.6 Å². The molecule has 0 aromatic heterocycles. The molecular weight excluding hydrogens is 802 g/mol. The molecule has 20 heteroatoms. The first-order valence-electron chi connectivity index (χ1n) is 19.6. The molecule has 1 aliphatic heterocycles. The van der Waals surface area contributed by atoms with Crippen molar-refractivity contribution in [1.29, 1.82) is 5.26 Å². The Morgan fingerprint density at radius 2 is 1.62 bits per heavy atom. The van der Waals surface area contributed by atoms with E-state index in [1.54, 1.807) is 32.2 Å². The van der Waals surface area contributed by atoms with Gasteiger partial charge in [0.25, 0.3) is 5.91 Å². The highest BCUT2D eigenvalue weighted by atomic mass is 17.0. The number of piperidine rings is 1. The number of nitrogens with one attached hydrogen (secondary N) is 1. The van der Waals surface area contributed by atoms with E-state index in [-0.39, 0.29) is 24.0 Å². The number of aliphatic carboxylic acids is 2. The number of ether oxygens (including phenoxy) is 4. The van der Waals surface area contributed by atoms with Crippen molar-refractivity contribution >= 4 is 23.8 Å². The molecule has 0 aliphatic carbocycles. The van der Waals surface area contributed by atoms with Crippen LogP contribution in [-0.2, 0) is 34.3 Å². The van der Waals surface area contributed by atoms with Gasteiger partial charge in [0.1, 0.15) is 10.5 Å². The maximum absolute atomic E-state index is 12.9. The average molecular weight is 862 g/mol. The van der Waals surface area contributed by atoms with E-state index in [0.717, 1.165) is 24.0 Å². The number of nitrogens with zero attached hydrogens (tertiary/aromatic N) is 4. The maximum Gasteiger partial charge on any atom is 0.486 e. The summed E-state index contributed by atoms with van der Waals surface area (Å²) in [6.45, 7) is 6.89. The fourth-order valence-electron chi connectivity index (χ4n) is 7.18. The van der Waals surface area contributed by atoms with Crippen LogP contribution in [0.25, 0.3) is 0 Å². The Kier molecular flexibility index (Phi) is 20.1. The molecule has 338 valence electrons. The summed E-state index contributed by atoms with van der Waals surface area (Å²) in [5.74, 6) is -4.04. The van der Waals surface area contributed by atoms with Crippen LogP contribution in [0.5, 0.6) is 23.0 Å². The van der Waals surface area contributed by atoms with Gasteiger partial charge in [0.2, 0.25) is 0 Å². The van der Waals surface area contributed by atoms with Crippen molar-refractivity contribution in [2.45, 2.75) is 95.3 Å². The molecule has 4 atom stereocenters. The first-order valence-corrected chi connectivity index (χ1v) is 19.6. The Morgan fingerprint density at radius 3 is 2.20 bits per heavy atom. The van der Waals surface area contributed by atoms with E-state index in [4.69, 9.17) is 28.9 Å². The van der Waals surface area contributed by atoms with Crippen LogP contribution >= 0.6 is 0 Å². The van der Waals surface area contributed by atoms with E-state index in [1.165, 1.54) is 7.11 Å². The average Bonchev–Trinajstić information content (AvgIpc) is 3.21. The molecule has 61 heavy (non-hydrogen) atoms. The molecule has 0 saturated carbocycles. The van der Waals surface area contributed by atoms with Gasteiger partial charge in [-0.2, -0.15) is 10.1 Å². The lowest BCUT2D eigenvalue weighted by atomic mass is 9.74. The Hall–Kier alpha value is -5.75. The van der Waals surface area contributed by atoms with Gasteiger partial charge >= 0.3 is 17.0 Å². The van der Waals surface area contributed by atoms with Crippen molar-refractivity contribution in [2.24, 2.45) is 5.92 Å². The predicted octanol–water partition coefficient (Wildman–Crippen LogP) is 1.95. The molecule has 20 nitrogen and oxygen atoms in total. The highest BCUT2D eigenvalue weighted by molar-refractivity contribution is 5.87. The summed E-state index contributed by atoms with van der Waals surface area (Å²) in [7, 11) is 6.69. The number of methoxy groups -OCH3 is 3. The van der Waals surface area contributed by atoms with E-state index in [9.17, 15) is 39.6 Å². The normalized spacial score (nSPS) is 15.9. The Morgan fingerprint density at radius 1 is 1.00 bits per heavy atom. The lowest BCUT2D eigenvalue weighted by Crippen LogP contribution is -2.51. The minimum Gasteiger partial charge on any atom is -0.547 e. The molecule has 3 rings (SSSR count). The standard InChI is InChI=1S/C41H57N5O14.H2O/c1-8-16-40(26-42,31-11-13-32(55-5)34(22-31)57-7)17-9-18-44(4)27(2)30-10-12-33(56-6)35(21-30)58-25-36(47)43-45-19-14-29(15-20-45)28(3)59-46(54)60-38(50)24-41(53,39(51)52)23-37(48)49;/h10-13,21-22,27-29,53H,8-9,14-20,23-25H2,1-7H3,(H2-,43,47,48,49,51,52);1H2. The van der Waals surface area contributed by atoms with E-state index < -0.39 is 58.9 Å². The Labute approximate surface area is 355 Å². The first kappa shape index (κ1) is 51.4. The second-order valence-electron chi connectivity index (χ2n) is 14.9. The number of carboxylic acids is 2. The Balaban J connectivity index is 0.0000128. The number of amides is 1. The van der Waals surface area contributed by atoms with Crippen molar-refractivity contribution in [1.82, 2.24) is 15.3 Å². The van der Waals surface area contributed by atoms with Crippen LogP contribution in [0.4, 0.5) is 0 Å². The van der Waals surface area contributed by atoms with Gasteiger partial charge in [-0.15, -0.1) is 4.84 Å². The topological polar surface area (TPSA) is 281 Å². The fraction of sp³-hybridized carbons (Fsp3) is 0.585. The third-order valence-corrected chi connectivity index (χ3v) is 10.8. The molecule has 0 spiro atoms. The Bertz CT molecular complexity index is 1850. The third-order valence-electron chi connectivity index (χ3n) is 10.8. The van der Waals surface area contributed by atoms with Crippen molar-refractivity contribution in [3.63, 3.8) is 0 Å². The molecular formula is C41H59N5O15. The van der Waals surface area contributed by atoms with E-state index in [1.807, 2.05) is 37.4 Å². The largest absolute Gasteiger partial charge is 0.547 e. The zero-order valence-electron chi connectivity index (χ0n) is 35.8. The molecule has 1 amide bonds. The van der Waals surface area contributed by atoms with Crippen molar-refractivity contribution in [3.8, 4) is 29.1 Å². The number of hydrogen-bond donors (Lipinski definition) is 3. The van der Waals surface area contributed by atoms with Crippen LogP contribution in [0.15, 0.2) is 36.4 Å². The molecule has 4 unspecified atom stereocenters. The zero-order chi connectivity index (χ0) is 44.6. The van der Waals surface area contributed by atoms with Crippen LogP contribution in [0.1, 0.15) is 89.3 Å². The van der Waals surface area contributed by atoms with Crippen LogP contribution in [0.2, 0.25) is 0 Å². The number of nitriles is 1. The number of hydrazine groups is 1. The zero-order valence-corrected chi connectivity index (χ0v) is 35.8. The summed E-state index contributed by atoms with van der Waals surface area (Å²) in [5, 5.41) is 41.5. The molecule has 2 aromatic rings. The SMILES string of the molecule is CCCC(C#N)(CCCN(C)C(C)c1ccc(OC)c(OCC(=O)NN2CCC(C(C)O[N+](=O)OC(=O)CC(O)(CC(=O)O)C(=O)[O-])CC2)c1)c1ccc(OC)c(OC)c1.O. The molecule has 0 radical (unpaired) electrons. The summed E-state index contributed by atoms with van der Waals surface area (Å²) < 4.78 is 22.4. The lowest BCUT2D eigenvalue weighted by molar-refractivity contribution is -0.970. The minimum atomic E-state index is -3.08. The smallest absolute Gasteiger partial charge is 0.486 e. The summed E-state index contributed by atoms with van der Waals surface area (Å²) in [6, 6.07) is 13.8. The van der Waals surface area contributed by atoms with Crippen LogP contribution in [0.3, 0.4) is 0 Å². The molecule has 2 aromatic carbocycles. The number of carbonyl (C=O) groups is 4. The molecule has 1 fully saturated rings. The number of carboxylic acid groups (broad SMARTS) is 2. The van der Waals surface area contributed by atoms with E-state index in [0.29, 0.717) is 68.3 Å². The quantitative estimate of drug-likeness (QED) is 0.120. The monoisotopic (exact) mass is 861 g/mol. The number of hydrogen-bond acceptors (Lipinski definition) is 16. The van der Waals surface area contributed by atoms with Gasteiger partial charge in [-0.1, -0.05) is 25.5 Å². The van der Waals surface area contributed by atoms with Gasteiger partial charge in [-0.25, -0.2) is 9.80 Å². The van der Waals surface area contributed by atoms with Gasteiger partial charge in [0.15, 0.2) is 35.7 Å². The van der Waals surface area contributed by atoms with E-state index in [2.05, 4.69) is 35.1 Å². The summed E-state index contributed by atoms with van der Waals surface area (Å²) in [6.07, 6.45) is 0.420.